The van der Waals surface area contributed by atoms with Gasteiger partial charge in [0.25, 0.3) is 5.91 Å². The second-order valence-corrected chi connectivity index (χ2v) is 6.84. The number of halogens is 1. The number of thiocarbonyl (C=S) groups is 1. The van der Waals surface area contributed by atoms with Gasteiger partial charge in [-0.15, -0.1) is 0 Å². The van der Waals surface area contributed by atoms with E-state index < -0.39 is 0 Å². The molecule has 29 heavy (non-hydrogen) atoms. The van der Waals surface area contributed by atoms with Crippen molar-refractivity contribution in [3.63, 3.8) is 0 Å². The van der Waals surface area contributed by atoms with Crippen molar-refractivity contribution in [3.8, 4) is 11.5 Å². The minimum atomic E-state index is -0.390. The van der Waals surface area contributed by atoms with E-state index in [9.17, 15) is 4.79 Å². The van der Waals surface area contributed by atoms with E-state index in [1.807, 2.05) is 54.6 Å². The van der Waals surface area contributed by atoms with Gasteiger partial charge in [0, 0.05) is 11.8 Å². The van der Waals surface area contributed by atoms with Crippen molar-refractivity contribution < 1.29 is 14.3 Å². The largest absolute Gasteiger partial charge is 0.489 e. The summed E-state index contributed by atoms with van der Waals surface area (Å²) in [6, 6.07) is 24.2. The zero-order chi connectivity index (χ0) is 20.5. The number of hydrogen-bond donors (Lipinski definition) is 2. The van der Waals surface area contributed by atoms with Crippen LogP contribution in [0.25, 0.3) is 0 Å². The Morgan fingerprint density at radius 3 is 2.48 bits per heavy atom. The summed E-state index contributed by atoms with van der Waals surface area (Å²) < 4.78 is 11.2. The molecular weight excluding hydrogens is 408 g/mol. The molecule has 0 fully saturated rings. The summed E-state index contributed by atoms with van der Waals surface area (Å²) in [5, 5.41) is 6.13. The van der Waals surface area contributed by atoms with Gasteiger partial charge in [-0.1, -0.05) is 60.1 Å². The van der Waals surface area contributed by atoms with Crippen molar-refractivity contribution in [1.82, 2.24) is 5.32 Å². The molecule has 0 saturated carbocycles. The molecule has 0 atom stereocenters. The van der Waals surface area contributed by atoms with Gasteiger partial charge in [-0.2, -0.15) is 0 Å². The molecule has 0 spiro atoms. The molecule has 1 amide bonds. The van der Waals surface area contributed by atoms with Gasteiger partial charge in [0.05, 0.1) is 5.02 Å². The Balaban J connectivity index is 1.47. The maximum atomic E-state index is 12.0. The SMILES string of the molecule is O=C(COc1ccccc1Cl)NC(=S)Nc1cccc(OCc2ccccc2)c1. The lowest BCUT2D eigenvalue weighted by Gasteiger charge is -2.12. The lowest BCUT2D eigenvalue weighted by atomic mass is 10.2. The molecule has 0 aliphatic heterocycles. The van der Waals surface area contributed by atoms with Gasteiger partial charge in [0.1, 0.15) is 18.1 Å². The molecule has 7 heteroatoms. The highest BCUT2D eigenvalue weighted by Crippen LogP contribution is 2.23. The first-order valence-electron chi connectivity index (χ1n) is 8.85. The van der Waals surface area contributed by atoms with E-state index in [0.29, 0.717) is 28.8 Å². The number of rotatable bonds is 7. The van der Waals surface area contributed by atoms with Crippen LogP contribution in [0.4, 0.5) is 5.69 Å². The Hall–Kier alpha value is -3.09. The third-order valence-electron chi connectivity index (χ3n) is 3.79. The number of benzene rings is 3. The van der Waals surface area contributed by atoms with Gasteiger partial charge in [0.15, 0.2) is 11.7 Å². The van der Waals surface area contributed by atoms with E-state index in [4.69, 9.17) is 33.3 Å². The van der Waals surface area contributed by atoms with Crippen LogP contribution in [-0.2, 0) is 11.4 Å². The van der Waals surface area contributed by atoms with Crippen LogP contribution in [0.15, 0.2) is 78.9 Å². The lowest BCUT2D eigenvalue weighted by molar-refractivity contribution is -0.121. The van der Waals surface area contributed by atoms with E-state index >= 15 is 0 Å². The Labute approximate surface area is 179 Å². The Kier molecular flexibility index (Phi) is 7.44. The van der Waals surface area contributed by atoms with Crippen molar-refractivity contribution in [2.24, 2.45) is 0 Å². The van der Waals surface area contributed by atoms with Gasteiger partial charge in [-0.25, -0.2) is 0 Å². The monoisotopic (exact) mass is 426 g/mol. The van der Waals surface area contributed by atoms with Crippen molar-refractivity contribution in [2.45, 2.75) is 6.61 Å². The van der Waals surface area contributed by atoms with Gasteiger partial charge in [-0.3, -0.25) is 10.1 Å². The summed E-state index contributed by atoms with van der Waals surface area (Å²) in [6.07, 6.45) is 0. The van der Waals surface area contributed by atoms with Crippen molar-refractivity contribution >= 4 is 40.5 Å². The average molecular weight is 427 g/mol. The number of para-hydroxylation sites is 1. The summed E-state index contributed by atoms with van der Waals surface area (Å²) >= 11 is 11.2. The summed E-state index contributed by atoms with van der Waals surface area (Å²) in [4.78, 5) is 12.0. The number of amides is 1. The van der Waals surface area contributed by atoms with Crippen LogP contribution in [-0.4, -0.2) is 17.6 Å². The maximum Gasteiger partial charge on any atom is 0.264 e. The topological polar surface area (TPSA) is 59.6 Å². The highest BCUT2D eigenvalue weighted by atomic mass is 35.5. The van der Waals surface area contributed by atoms with E-state index in [1.54, 1.807) is 24.3 Å². The molecule has 2 N–H and O–H groups in total. The van der Waals surface area contributed by atoms with Crippen LogP contribution in [0.5, 0.6) is 11.5 Å². The maximum absolute atomic E-state index is 12.0. The van der Waals surface area contributed by atoms with E-state index in [2.05, 4.69) is 10.6 Å². The third-order valence-corrected chi connectivity index (χ3v) is 4.30. The molecule has 3 aromatic rings. The predicted molar refractivity (Wildman–Crippen MR) is 119 cm³/mol. The highest BCUT2D eigenvalue weighted by Gasteiger charge is 2.08. The van der Waals surface area contributed by atoms with Gasteiger partial charge < -0.3 is 14.8 Å². The van der Waals surface area contributed by atoms with Gasteiger partial charge in [-0.05, 0) is 42.0 Å². The second-order valence-electron chi connectivity index (χ2n) is 6.02. The van der Waals surface area contributed by atoms with Crippen LogP contribution in [0.3, 0.4) is 0 Å². The van der Waals surface area contributed by atoms with E-state index in [0.717, 1.165) is 5.56 Å². The Morgan fingerprint density at radius 2 is 1.69 bits per heavy atom. The van der Waals surface area contributed by atoms with Gasteiger partial charge >= 0.3 is 0 Å². The molecule has 5 nitrogen and oxygen atoms in total. The summed E-state index contributed by atoms with van der Waals surface area (Å²) in [5.41, 5.74) is 1.78. The standard InChI is InChI=1S/C22H19ClN2O3S/c23-19-11-4-5-12-20(19)28-15-21(26)25-22(29)24-17-9-6-10-18(13-17)27-14-16-7-2-1-3-8-16/h1-13H,14-15H2,(H2,24,25,26,29). The molecular formula is C22H19ClN2O3S. The van der Waals surface area contributed by atoms with Crippen LogP contribution in [0.2, 0.25) is 5.02 Å². The van der Waals surface area contributed by atoms with E-state index in [-0.39, 0.29) is 17.6 Å². The van der Waals surface area contributed by atoms with Crippen molar-refractivity contribution in [3.05, 3.63) is 89.4 Å². The number of anilines is 1. The lowest BCUT2D eigenvalue weighted by Crippen LogP contribution is -2.37. The quantitative estimate of drug-likeness (QED) is 0.531. The molecule has 0 aliphatic rings. The number of hydrogen-bond acceptors (Lipinski definition) is 4. The fraction of sp³-hybridized carbons (Fsp3) is 0.0909. The fourth-order valence-electron chi connectivity index (χ4n) is 2.43. The molecule has 3 rings (SSSR count). The fourth-order valence-corrected chi connectivity index (χ4v) is 2.86. The van der Waals surface area contributed by atoms with Crippen LogP contribution in [0, 0.1) is 0 Å². The summed E-state index contributed by atoms with van der Waals surface area (Å²) in [6.45, 7) is 0.261. The molecule has 3 aromatic carbocycles. The molecule has 0 heterocycles. The smallest absolute Gasteiger partial charge is 0.264 e. The predicted octanol–water partition coefficient (Wildman–Crippen LogP) is 4.81. The van der Waals surface area contributed by atoms with Crippen LogP contribution in [0.1, 0.15) is 5.56 Å². The van der Waals surface area contributed by atoms with Crippen LogP contribution >= 0.6 is 23.8 Å². The molecule has 0 saturated heterocycles. The number of nitrogens with one attached hydrogen (secondary N) is 2. The first kappa shape index (κ1) is 20.6. The minimum absolute atomic E-state index is 0.165. The molecule has 148 valence electrons. The Bertz CT molecular complexity index is 983. The molecule has 0 aliphatic carbocycles. The molecule has 0 radical (unpaired) electrons. The first-order valence-corrected chi connectivity index (χ1v) is 9.64. The summed E-state index contributed by atoms with van der Waals surface area (Å²) in [5.74, 6) is 0.736. The zero-order valence-electron chi connectivity index (χ0n) is 15.4. The number of carbonyl (C=O) groups excluding carboxylic acids is 1. The van der Waals surface area contributed by atoms with E-state index in [1.165, 1.54) is 0 Å². The second kappa shape index (κ2) is 10.5. The number of ether oxygens (including phenoxy) is 2. The molecule has 0 aromatic heterocycles. The van der Waals surface area contributed by atoms with Crippen molar-refractivity contribution in [1.29, 1.82) is 0 Å². The van der Waals surface area contributed by atoms with Gasteiger partial charge in [0.2, 0.25) is 0 Å². The molecule has 0 unspecified atom stereocenters. The van der Waals surface area contributed by atoms with Crippen LogP contribution < -0.4 is 20.1 Å². The van der Waals surface area contributed by atoms with Crippen molar-refractivity contribution in [2.75, 3.05) is 11.9 Å². The first-order chi connectivity index (χ1) is 14.1. The highest BCUT2D eigenvalue weighted by molar-refractivity contribution is 7.80. The third kappa shape index (κ3) is 6.78. The minimum Gasteiger partial charge on any atom is -0.489 e. The zero-order valence-corrected chi connectivity index (χ0v) is 17.0. The normalized spacial score (nSPS) is 10.1. The molecule has 0 bridgehead atoms. The number of carbonyl (C=O) groups is 1. The average Bonchev–Trinajstić information content (AvgIpc) is 2.72. The summed E-state index contributed by atoms with van der Waals surface area (Å²) in [7, 11) is 0. The Morgan fingerprint density at radius 1 is 0.931 bits per heavy atom.